The molecule has 0 bridgehead atoms. The summed E-state index contributed by atoms with van der Waals surface area (Å²) < 4.78 is 0. The van der Waals surface area contributed by atoms with Gasteiger partial charge in [-0.1, -0.05) is 30.5 Å². The van der Waals surface area contributed by atoms with Gasteiger partial charge in [-0.15, -0.1) is 0 Å². The molecule has 0 aromatic heterocycles. The summed E-state index contributed by atoms with van der Waals surface area (Å²) in [5, 5.41) is 3.70. The predicted octanol–water partition coefficient (Wildman–Crippen LogP) is 4.08. The van der Waals surface area contributed by atoms with E-state index in [2.05, 4.69) is 38.2 Å². The van der Waals surface area contributed by atoms with Gasteiger partial charge >= 0.3 is 0 Å². The van der Waals surface area contributed by atoms with Gasteiger partial charge in [0.25, 0.3) is 0 Å². The van der Waals surface area contributed by atoms with E-state index in [0.29, 0.717) is 0 Å². The summed E-state index contributed by atoms with van der Waals surface area (Å²) >= 11 is 0. The molecule has 1 atom stereocenters. The zero-order valence-corrected chi connectivity index (χ0v) is 12.2. The van der Waals surface area contributed by atoms with Crippen LogP contribution in [0.1, 0.15) is 54.4 Å². The van der Waals surface area contributed by atoms with Crippen molar-refractivity contribution in [2.24, 2.45) is 0 Å². The number of hydrogen-bond acceptors (Lipinski definition) is 1. The lowest BCUT2D eigenvalue weighted by atomic mass is 9.94. The van der Waals surface area contributed by atoms with Crippen LogP contribution in [0.4, 0.5) is 0 Å². The van der Waals surface area contributed by atoms with Gasteiger partial charge in [0.1, 0.15) is 0 Å². The van der Waals surface area contributed by atoms with Crippen molar-refractivity contribution in [3.63, 3.8) is 0 Å². The smallest absolute Gasteiger partial charge is 0.00702 e. The second-order valence-electron chi connectivity index (χ2n) is 5.92. The number of nitrogens with one attached hydrogen (secondary N) is 1. The van der Waals surface area contributed by atoms with Gasteiger partial charge in [0.15, 0.2) is 0 Å². The first-order chi connectivity index (χ1) is 8.66. The van der Waals surface area contributed by atoms with Crippen LogP contribution < -0.4 is 5.32 Å². The Hall–Kier alpha value is -0.820. The van der Waals surface area contributed by atoms with Crippen LogP contribution in [0.5, 0.6) is 0 Å². The molecule has 18 heavy (non-hydrogen) atoms. The molecular weight excluding hydrogens is 218 g/mol. The lowest BCUT2D eigenvalue weighted by molar-refractivity contribution is 0.477. The SMILES string of the molecule is Cc1cc(C)c(CCC2CCCCCN2)c(C)c1. The average Bonchev–Trinajstić information content (AvgIpc) is 2.56. The van der Waals surface area contributed by atoms with Gasteiger partial charge in [0.05, 0.1) is 0 Å². The van der Waals surface area contributed by atoms with E-state index in [1.54, 1.807) is 5.56 Å². The van der Waals surface area contributed by atoms with Crippen molar-refractivity contribution in [1.82, 2.24) is 5.32 Å². The van der Waals surface area contributed by atoms with Crippen molar-refractivity contribution in [3.8, 4) is 0 Å². The monoisotopic (exact) mass is 245 g/mol. The second kappa shape index (κ2) is 6.38. The summed E-state index contributed by atoms with van der Waals surface area (Å²) in [5.74, 6) is 0. The van der Waals surface area contributed by atoms with E-state index in [0.717, 1.165) is 6.04 Å². The zero-order valence-electron chi connectivity index (χ0n) is 12.2. The highest BCUT2D eigenvalue weighted by molar-refractivity contribution is 5.37. The highest BCUT2D eigenvalue weighted by Gasteiger charge is 2.12. The quantitative estimate of drug-likeness (QED) is 0.846. The maximum Gasteiger partial charge on any atom is 0.00702 e. The number of aryl methyl sites for hydroxylation is 3. The fourth-order valence-electron chi connectivity index (χ4n) is 3.27. The summed E-state index contributed by atoms with van der Waals surface area (Å²) in [5.41, 5.74) is 5.91. The van der Waals surface area contributed by atoms with E-state index in [4.69, 9.17) is 0 Å². The van der Waals surface area contributed by atoms with Crippen LogP contribution in [0.25, 0.3) is 0 Å². The van der Waals surface area contributed by atoms with Crippen molar-refractivity contribution < 1.29 is 0 Å². The zero-order chi connectivity index (χ0) is 13.0. The molecule has 100 valence electrons. The number of rotatable bonds is 3. The van der Waals surface area contributed by atoms with Gasteiger partial charge in [-0.3, -0.25) is 0 Å². The molecule has 0 radical (unpaired) electrons. The summed E-state index contributed by atoms with van der Waals surface area (Å²) in [6.07, 6.45) is 8.07. The Labute approximate surface area is 112 Å². The van der Waals surface area contributed by atoms with Crippen LogP contribution >= 0.6 is 0 Å². The van der Waals surface area contributed by atoms with E-state index in [-0.39, 0.29) is 0 Å². The minimum absolute atomic E-state index is 0.743. The largest absolute Gasteiger partial charge is 0.314 e. The average molecular weight is 245 g/mol. The van der Waals surface area contributed by atoms with Gasteiger partial charge in [-0.25, -0.2) is 0 Å². The fourth-order valence-corrected chi connectivity index (χ4v) is 3.27. The van der Waals surface area contributed by atoms with Crippen LogP contribution in [-0.4, -0.2) is 12.6 Å². The van der Waals surface area contributed by atoms with E-state index >= 15 is 0 Å². The highest BCUT2D eigenvalue weighted by atomic mass is 14.9. The standard InChI is InChI=1S/C17H27N/c1-13-11-14(2)17(15(3)12-13)9-8-16-7-5-4-6-10-18-16/h11-12,16,18H,4-10H2,1-3H3. The van der Waals surface area contributed by atoms with Crippen LogP contribution in [0.15, 0.2) is 12.1 Å². The summed E-state index contributed by atoms with van der Waals surface area (Å²) in [7, 11) is 0. The summed E-state index contributed by atoms with van der Waals surface area (Å²) in [4.78, 5) is 0. The first-order valence-electron chi connectivity index (χ1n) is 7.47. The van der Waals surface area contributed by atoms with Crippen molar-refractivity contribution in [2.45, 2.75) is 65.3 Å². The Bertz CT molecular complexity index is 364. The van der Waals surface area contributed by atoms with Gasteiger partial charge in [-0.2, -0.15) is 0 Å². The van der Waals surface area contributed by atoms with Crippen LogP contribution in [0, 0.1) is 20.8 Å². The molecule has 1 aromatic carbocycles. The molecule has 1 N–H and O–H groups in total. The molecule has 0 aliphatic carbocycles. The molecule has 1 saturated heterocycles. The Morgan fingerprint density at radius 3 is 2.50 bits per heavy atom. The van der Waals surface area contributed by atoms with Crippen molar-refractivity contribution >= 4 is 0 Å². The molecule has 1 nitrogen and oxygen atoms in total. The van der Waals surface area contributed by atoms with Gasteiger partial charge in [-0.05, 0) is 69.7 Å². The third kappa shape index (κ3) is 3.58. The third-order valence-electron chi connectivity index (χ3n) is 4.25. The van der Waals surface area contributed by atoms with Gasteiger partial charge in [0.2, 0.25) is 0 Å². The summed E-state index contributed by atoms with van der Waals surface area (Å²) in [6.45, 7) is 7.93. The first kappa shape index (κ1) is 13.6. The summed E-state index contributed by atoms with van der Waals surface area (Å²) in [6, 6.07) is 5.39. The Balaban J connectivity index is 1.97. The van der Waals surface area contributed by atoms with E-state index < -0.39 is 0 Å². The molecule has 1 aromatic rings. The van der Waals surface area contributed by atoms with E-state index in [1.165, 1.54) is 61.8 Å². The molecule has 1 heterocycles. The number of benzene rings is 1. The highest BCUT2D eigenvalue weighted by Crippen LogP contribution is 2.20. The van der Waals surface area contributed by atoms with Crippen LogP contribution in [-0.2, 0) is 6.42 Å². The van der Waals surface area contributed by atoms with E-state index in [1.807, 2.05) is 0 Å². The topological polar surface area (TPSA) is 12.0 Å². The molecule has 2 rings (SSSR count). The molecular formula is C17H27N. The molecule has 1 fully saturated rings. The van der Waals surface area contributed by atoms with Crippen LogP contribution in [0.2, 0.25) is 0 Å². The normalized spacial score (nSPS) is 20.7. The van der Waals surface area contributed by atoms with Gasteiger partial charge in [0, 0.05) is 6.04 Å². The fraction of sp³-hybridized carbons (Fsp3) is 0.647. The van der Waals surface area contributed by atoms with Crippen LogP contribution in [0.3, 0.4) is 0 Å². The lowest BCUT2D eigenvalue weighted by Gasteiger charge is -2.18. The molecule has 1 aliphatic heterocycles. The second-order valence-corrected chi connectivity index (χ2v) is 5.92. The Morgan fingerprint density at radius 1 is 1.06 bits per heavy atom. The molecule has 0 amide bonds. The maximum absolute atomic E-state index is 3.70. The van der Waals surface area contributed by atoms with Crippen molar-refractivity contribution in [3.05, 3.63) is 34.4 Å². The predicted molar refractivity (Wildman–Crippen MR) is 79.2 cm³/mol. The maximum atomic E-state index is 3.70. The first-order valence-corrected chi connectivity index (χ1v) is 7.47. The molecule has 0 saturated carbocycles. The Kier molecular flexibility index (Phi) is 4.82. The van der Waals surface area contributed by atoms with Crippen molar-refractivity contribution in [2.75, 3.05) is 6.54 Å². The van der Waals surface area contributed by atoms with E-state index in [9.17, 15) is 0 Å². The minimum atomic E-state index is 0.743. The van der Waals surface area contributed by atoms with Gasteiger partial charge < -0.3 is 5.32 Å². The molecule has 1 unspecified atom stereocenters. The molecule has 1 heteroatoms. The lowest BCUT2D eigenvalue weighted by Crippen LogP contribution is -2.28. The molecule has 0 spiro atoms. The molecule has 1 aliphatic rings. The minimum Gasteiger partial charge on any atom is -0.314 e. The number of hydrogen-bond donors (Lipinski definition) is 1. The van der Waals surface area contributed by atoms with Crippen molar-refractivity contribution in [1.29, 1.82) is 0 Å². The Morgan fingerprint density at radius 2 is 1.78 bits per heavy atom. The third-order valence-corrected chi connectivity index (χ3v) is 4.25.